The van der Waals surface area contributed by atoms with Crippen LogP contribution in [0.15, 0.2) is 0 Å². The van der Waals surface area contributed by atoms with Crippen molar-refractivity contribution in [2.24, 2.45) is 11.8 Å². The van der Waals surface area contributed by atoms with Crippen molar-refractivity contribution in [3.8, 4) is 0 Å². The highest BCUT2D eigenvalue weighted by atomic mass is 16.3. The van der Waals surface area contributed by atoms with Gasteiger partial charge in [-0.1, -0.05) is 6.92 Å². The van der Waals surface area contributed by atoms with Gasteiger partial charge in [-0.05, 0) is 25.2 Å². The number of amides is 1. The van der Waals surface area contributed by atoms with Crippen LogP contribution < -0.4 is 0 Å². The van der Waals surface area contributed by atoms with Gasteiger partial charge < -0.3 is 10.0 Å². The van der Waals surface area contributed by atoms with E-state index in [2.05, 4.69) is 6.92 Å². The molecule has 3 atom stereocenters. The van der Waals surface area contributed by atoms with Crippen molar-refractivity contribution in [2.45, 2.75) is 32.3 Å². The number of carbonyl (C=O) groups is 1. The zero-order valence-electron chi connectivity index (χ0n) is 8.07. The second-order valence-electron chi connectivity index (χ2n) is 4.40. The second-order valence-corrected chi connectivity index (χ2v) is 4.40. The van der Waals surface area contributed by atoms with Crippen LogP contribution in [-0.2, 0) is 4.79 Å². The molecule has 74 valence electrons. The summed E-state index contributed by atoms with van der Waals surface area (Å²) in [6.45, 7) is 3.52. The Balaban J connectivity index is 1.88. The molecule has 1 amide bonds. The first-order valence-electron chi connectivity index (χ1n) is 5.15. The number of carbonyl (C=O) groups excluding carboxylic acids is 1. The summed E-state index contributed by atoms with van der Waals surface area (Å²) in [6, 6.07) is 0. The van der Waals surface area contributed by atoms with Crippen molar-refractivity contribution < 1.29 is 9.90 Å². The average Bonchev–Trinajstić information content (AvgIpc) is 2.81. The van der Waals surface area contributed by atoms with Crippen molar-refractivity contribution in [3.63, 3.8) is 0 Å². The smallest absolute Gasteiger partial charge is 0.226 e. The van der Waals surface area contributed by atoms with Crippen LogP contribution in [0, 0.1) is 11.8 Å². The summed E-state index contributed by atoms with van der Waals surface area (Å²) in [5, 5.41) is 9.40. The molecule has 0 spiro atoms. The van der Waals surface area contributed by atoms with E-state index in [4.69, 9.17) is 0 Å². The standard InChI is InChI=1S/C10H17NO2/c1-7-5-9(7)10(13)11-4-2-3-8(12)6-11/h7-9,12H,2-6H2,1H3/t7-,8-,9-/m0/s1. The molecule has 2 rings (SSSR count). The lowest BCUT2D eigenvalue weighted by Crippen LogP contribution is -2.43. The largest absolute Gasteiger partial charge is 0.391 e. The van der Waals surface area contributed by atoms with Gasteiger partial charge in [0.25, 0.3) is 0 Å². The molecule has 1 aliphatic heterocycles. The molecule has 0 aromatic rings. The van der Waals surface area contributed by atoms with Gasteiger partial charge in [0.15, 0.2) is 0 Å². The maximum absolute atomic E-state index is 11.7. The lowest BCUT2D eigenvalue weighted by molar-refractivity contribution is -0.135. The van der Waals surface area contributed by atoms with Gasteiger partial charge in [-0.15, -0.1) is 0 Å². The van der Waals surface area contributed by atoms with Crippen LogP contribution in [0.25, 0.3) is 0 Å². The molecule has 3 heteroatoms. The number of hydrogen-bond acceptors (Lipinski definition) is 2. The number of aliphatic hydroxyl groups is 1. The zero-order valence-corrected chi connectivity index (χ0v) is 8.07. The summed E-state index contributed by atoms with van der Waals surface area (Å²) in [6.07, 6.45) is 2.57. The van der Waals surface area contributed by atoms with Crippen molar-refractivity contribution >= 4 is 5.91 Å². The minimum absolute atomic E-state index is 0.269. The Morgan fingerprint density at radius 3 is 2.77 bits per heavy atom. The molecular formula is C10H17NO2. The van der Waals surface area contributed by atoms with Crippen molar-refractivity contribution in [1.29, 1.82) is 0 Å². The molecule has 1 saturated heterocycles. The predicted molar refractivity (Wildman–Crippen MR) is 49.1 cm³/mol. The Hall–Kier alpha value is -0.570. The summed E-state index contributed by atoms with van der Waals surface area (Å²) in [7, 11) is 0. The lowest BCUT2D eigenvalue weighted by Gasteiger charge is -2.30. The summed E-state index contributed by atoms with van der Waals surface area (Å²) in [5.41, 5.74) is 0. The first-order chi connectivity index (χ1) is 6.18. The molecule has 0 aromatic carbocycles. The second kappa shape index (κ2) is 3.29. The Labute approximate surface area is 78.7 Å². The maximum atomic E-state index is 11.7. The summed E-state index contributed by atoms with van der Waals surface area (Å²) < 4.78 is 0. The molecule has 2 fully saturated rings. The molecule has 1 heterocycles. The third-order valence-corrected chi connectivity index (χ3v) is 3.13. The molecule has 0 aromatic heterocycles. The van der Waals surface area contributed by atoms with E-state index < -0.39 is 0 Å². The number of nitrogens with zero attached hydrogens (tertiary/aromatic N) is 1. The number of rotatable bonds is 1. The van der Waals surface area contributed by atoms with Gasteiger partial charge in [-0.2, -0.15) is 0 Å². The third kappa shape index (κ3) is 1.85. The van der Waals surface area contributed by atoms with E-state index in [0.29, 0.717) is 12.5 Å². The predicted octanol–water partition coefficient (Wildman–Crippen LogP) is 0.626. The summed E-state index contributed by atoms with van der Waals surface area (Å²) in [5.74, 6) is 1.11. The molecular weight excluding hydrogens is 166 g/mol. The van der Waals surface area contributed by atoms with E-state index in [1.165, 1.54) is 0 Å². The minimum atomic E-state index is -0.285. The van der Waals surface area contributed by atoms with Gasteiger partial charge in [-0.25, -0.2) is 0 Å². The van der Waals surface area contributed by atoms with Crippen molar-refractivity contribution in [3.05, 3.63) is 0 Å². The normalized spacial score (nSPS) is 38.9. The van der Waals surface area contributed by atoms with Crippen LogP contribution in [0.4, 0.5) is 0 Å². The Morgan fingerprint density at radius 2 is 2.23 bits per heavy atom. The highest BCUT2D eigenvalue weighted by molar-refractivity contribution is 5.81. The molecule has 0 unspecified atom stereocenters. The van der Waals surface area contributed by atoms with Crippen LogP contribution in [0.5, 0.6) is 0 Å². The van der Waals surface area contributed by atoms with Gasteiger partial charge in [0, 0.05) is 19.0 Å². The average molecular weight is 183 g/mol. The van der Waals surface area contributed by atoms with E-state index >= 15 is 0 Å². The van der Waals surface area contributed by atoms with Crippen molar-refractivity contribution in [2.75, 3.05) is 13.1 Å². The number of aliphatic hydroxyl groups excluding tert-OH is 1. The lowest BCUT2D eigenvalue weighted by atomic mass is 10.1. The molecule has 2 aliphatic rings. The number of likely N-dealkylation sites (tertiary alicyclic amines) is 1. The molecule has 0 bridgehead atoms. The van der Waals surface area contributed by atoms with Gasteiger partial charge in [-0.3, -0.25) is 4.79 Å². The number of piperidine rings is 1. The highest BCUT2D eigenvalue weighted by Gasteiger charge is 2.42. The van der Waals surface area contributed by atoms with Crippen LogP contribution in [0.3, 0.4) is 0 Å². The van der Waals surface area contributed by atoms with E-state index in [-0.39, 0.29) is 17.9 Å². The molecule has 1 saturated carbocycles. The fraction of sp³-hybridized carbons (Fsp3) is 0.900. The molecule has 1 N–H and O–H groups in total. The fourth-order valence-electron chi connectivity index (χ4n) is 2.06. The summed E-state index contributed by atoms with van der Waals surface area (Å²) >= 11 is 0. The van der Waals surface area contributed by atoms with Gasteiger partial charge in [0.05, 0.1) is 6.10 Å². The summed E-state index contributed by atoms with van der Waals surface area (Å²) in [4.78, 5) is 13.6. The third-order valence-electron chi connectivity index (χ3n) is 3.13. The van der Waals surface area contributed by atoms with E-state index in [0.717, 1.165) is 25.8 Å². The van der Waals surface area contributed by atoms with E-state index in [1.807, 2.05) is 4.90 Å². The quantitative estimate of drug-likeness (QED) is 0.647. The molecule has 1 aliphatic carbocycles. The number of hydrogen-bond donors (Lipinski definition) is 1. The van der Waals surface area contributed by atoms with Crippen LogP contribution >= 0.6 is 0 Å². The van der Waals surface area contributed by atoms with Gasteiger partial charge in [0.1, 0.15) is 0 Å². The number of β-amino-alcohol motifs (C(OH)–C–C–N with tert-alkyl or cyclic N) is 1. The highest BCUT2D eigenvalue weighted by Crippen LogP contribution is 2.39. The monoisotopic (exact) mass is 183 g/mol. The first-order valence-corrected chi connectivity index (χ1v) is 5.15. The fourth-order valence-corrected chi connectivity index (χ4v) is 2.06. The Kier molecular flexibility index (Phi) is 2.28. The van der Waals surface area contributed by atoms with Gasteiger partial charge in [0.2, 0.25) is 5.91 Å². The SMILES string of the molecule is C[C@H]1C[C@@H]1C(=O)N1CCC[C@H](O)C1. The van der Waals surface area contributed by atoms with Crippen LogP contribution in [0.1, 0.15) is 26.2 Å². The maximum Gasteiger partial charge on any atom is 0.226 e. The molecule has 3 nitrogen and oxygen atoms in total. The Morgan fingerprint density at radius 1 is 1.54 bits per heavy atom. The van der Waals surface area contributed by atoms with E-state index in [1.54, 1.807) is 0 Å². The topological polar surface area (TPSA) is 40.5 Å². The van der Waals surface area contributed by atoms with Gasteiger partial charge >= 0.3 is 0 Å². The molecule has 13 heavy (non-hydrogen) atoms. The minimum Gasteiger partial charge on any atom is -0.391 e. The van der Waals surface area contributed by atoms with Crippen LogP contribution in [-0.4, -0.2) is 35.1 Å². The first kappa shape index (κ1) is 9.00. The Bertz CT molecular complexity index is 217. The molecule has 0 radical (unpaired) electrons. The van der Waals surface area contributed by atoms with Crippen LogP contribution in [0.2, 0.25) is 0 Å². The zero-order chi connectivity index (χ0) is 9.42. The van der Waals surface area contributed by atoms with Crippen molar-refractivity contribution in [1.82, 2.24) is 4.90 Å². The van der Waals surface area contributed by atoms with E-state index in [9.17, 15) is 9.90 Å².